The average Bonchev–Trinajstić information content (AvgIpc) is 2.80. The van der Waals surface area contributed by atoms with Crippen LogP contribution in [0.15, 0.2) is 36.5 Å². The summed E-state index contributed by atoms with van der Waals surface area (Å²) in [5.74, 6) is -1.33. The highest BCUT2D eigenvalue weighted by atomic mass is 19.1. The van der Waals surface area contributed by atoms with Crippen molar-refractivity contribution in [1.82, 2.24) is 9.78 Å². The first-order valence-corrected chi connectivity index (χ1v) is 5.84. The summed E-state index contributed by atoms with van der Waals surface area (Å²) in [4.78, 5) is 10.6. The largest absolute Gasteiger partial charge is 0.478 e. The molecule has 1 N–H and O–H groups in total. The van der Waals surface area contributed by atoms with Crippen molar-refractivity contribution < 1.29 is 14.3 Å². The summed E-state index contributed by atoms with van der Waals surface area (Å²) >= 11 is 0. The zero-order valence-electron chi connectivity index (χ0n) is 10.4. The minimum absolute atomic E-state index is 0.311. The van der Waals surface area contributed by atoms with Crippen molar-refractivity contribution in [3.8, 4) is 11.3 Å². The van der Waals surface area contributed by atoms with E-state index in [9.17, 15) is 9.18 Å². The number of aliphatic carboxylic acids is 1. The van der Waals surface area contributed by atoms with Crippen LogP contribution < -0.4 is 0 Å². The van der Waals surface area contributed by atoms with E-state index in [0.29, 0.717) is 12.1 Å². The Kier molecular flexibility index (Phi) is 3.75. The third-order valence-corrected chi connectivity index (χ3v) is 2.69. The highest BCUT2D eigenvalue weighted by molar-refractivity contribution is 5.87. The number of aromatic nitrogens is 2. The Morgan fingerprint density at radius 1 is 1.42 bits per heavy atom. The molecule has 2 rings (SSSR count). The molecule has 1 aromatic carbocycles. The molecule has 0 radical (unpaired) electrons. The molecular weight excluding hydrogens is 247 g/mol. The lowest BCUT2D eigenvalue weighted by Crippen LogP contribution is -1.99. The van der Waals surface area contributed by atoms with E-state index >= 15 is 0 Å². The van der Waals surface area contributed by atoms with Crippen LogP contribution in [0.3, 0.4) is 0 Å². The first-order chi connectivity index (χ1) is 9.11. The first kappa shape index (κ1) is 13.0. The van der Waals surface area contributed by atoms with Gasteiger partial charge < -0.3 is 5.11 Å². The topological polar surface area (TPSA) is 55.1 Å². The van der Waals surface area contributed by atoms with Crippen LogP contribution in [0.1, 0.15) is 12.5 Å². The normalized spacial score (nSPS) is 11.1. The van der Waals surface area contributed by atoms with Crippen LogP contribution in [0.2, 0.25) is 0 Å². The number of carbonyl (C=O) groups is 1. The maximum atomic E-state index is 13.0. The Hall–Kier alpha value is -2.43. The van der Waals surface area contributed by atoms with Crippen LogP contribution in [0.4, 0.5) is 4.39 Å². The van der Waals surface area contributed by atoms with Gasteiger partial charge in [-0.25, -0.2) is 9.18 Å². The highest BCUT2D eigenvalue weighted by Gasteiger charge is 2.10. The van der Waals surface area contributed by atoms with Gasteiger partial charge in [0.1, 0.15) is 5.82 Å². The molecule has 0 unspecified atom stereocenters. The van der Waals surface area contributed by atoms with Crippen molar-refractivity contribution in [1.29, 1.82) is 0 Å². The number of carboxylic acid groups (broad SMARTS) is 1. The van der Waals surface area contributed by atoms with Crippen molar-refractivity contribution in [2.75, 3.05) is 0 Å². The Bertz CT molecular complexity index is 615. The molecule has 0 fully saturated rings. The number of halogens is 1. The highest BCUT2D eigenvalue weighted by Crippen LogP contribution is 2.25. The standard InChI is InChI=1S/C14H13FN2O2/c1-2-17-14(10-3-6-12(15)7-4-10)11(9-16-17)5-8-13(18)19/h3-9H,2H2,1H3,(H,18,19)/b8-5+. The number of nitrogens with zero attached hydrogens (tertiary/aromatic N) is 2. The summed E-state index contributed by atoms with van der Waals surface area (Å²) in [5, 5.41) is 12.9. The van der Waals surface area contributed by atoms with Gasteiger partial charge in [-0.15, -0.1) is 0 Å². The van der Waals surface area contributed by atoms with Crippen molar-refractivity contribution in [3.05, 3.63) is 47.9 Å². The molecule has 0 bridgehead atoms. The average molecular weight is 260 g/mol. The molecular formula is C14H13FN2O2. The summed E-state index contributed by atoms with van der Waals surface area (Å²) in [6.45, 7) is 2.58. The SMILES string of the molecule is CCn1ncc(/C=C/C(=O)O)c1-c1ccc(F)cc1. The van der Waals surface area contributed by atoms with E-state index in [1.54, 1.807) is 23.0 Å². The molecule has 0 atom stereocenters. The van der Waals surface area contributed by atoms with Crippen molar-refractivity contribution in [3.63, 3.8) is 0 Å². The molecule has 1 heterocycles. The summed E-state index contributed by atoms with van der Waals surface area (Å²) in [7, 11) is 0. The third-order valence-electron chi connectivity index (χ3n) is 2.69. The molecule has 0 spiro atoms. The summed E-state index contributed by atoms with van der Waals surface area (Å²) in [6.07, 6.45) is 4.14. The van der Waals surface area contributed by atoms with Crippen molar-refractivity contribution in [2.24, 2.45) is 0 Å². The molecule has 0 aliphatic heterocycles. The van der Waals surface area contributed by atoms with Crippen LogP contribution in [0.5, 0.6) is 0 Å². The maximum Gasteiger partial charge on any atom is 0.328 e. The van der Waals surface area contributed by atoms with Gasteiger partial charge in [-0.2, -0.15) is 5.10 Å². The monoisotopic (exact) mass is 260 g/mol. The fourth-order valence-corrected chi connectivity index (χ4v) is 1.85. The van der Waals surface area contributed by atoms with Gasteiger partial charge in [0.15, 0.2) is 0 Å². The Balaban J connectivity index is 2.50. The Morgan fingerprint density at radius 3 is 2.68 bits per heavy atom. The third kappa shape index (κ3) is 2.88. The lowest BCUT2D eigenvalue weighted by atomic mass is 10.1. The van der Waals surface area contributed by atoms with Crippen LogP contribution in [0, 0.1) is 5.82 Å². The fraction of sp³-hybridized carbons (Fsp3) is 0.143. The predicted molar refractivity (Wildman–Crippen MR) is 70.0 cm³/mol. The maximum absolute atomic E-state index is 13.0. The smallest absolute Gasteiger partial charge is 0.328 e. The van der Waals surface area contributed by atoms with Crippen molar-refractivity contribution in [2.45, 2.75) is 13.5 Å². The number of benzene rings is 1. The van der Waals surface area contributed by atoms with E-state index in [1.165, 1.54) is 18.2 Å². The predicted octanol–water partition coefficient (Wildman–Crippen LogP) is 2.81. The molecule has 0 saturated carbocycles. The lowest BCUT2D eigenvalue weighted by molar-refractivity contribution is -0.131. The molecule has 0 aliphatic rings. The van der Waals surface area contributed by atoms with Gasteiger partial charge in [0.05, 0.1) is 11.9 Å². The number of hydrogen-bond acceptors (Lipinski definition) is 2. The number of carboxylic acids is 1. The zero-order chi connectivity index (χ0) is 13.8. The summed E-state index contributed by atoms with van der Waals surface area (Å²) in [6, 6.07) is 6.03. The van der Waals surface area contributed by atoms with E-state index in [2.05, 4.69) is 5.10 Å². The van der Waals surface area contributed by atoms with Gasteiger partial charge in [0, 0.05) is 23.7 Å². The summed E-state index contributed by atoms with van der Waals surface area (Å²) < 4.78 is 14.7. The molecule has 4 nitrogen and oxygen atoms in total. The second-order valence-corrected chi connectivity index (χ2v) is 3.94. The van der Waals surface area contributed by atoms with Gasteiger partial charge in [-0.05, 0) is 37.3 Å². The fourth-order valence-electron chi connectivity index (χ4n) is 1.85. The van der Waals surface area contributed by atoms with E-state index in [-0.39, 0.29) is 5.82 Å². The van der Waals surface area contributed by atoms with Crippen LogP contribution in [-0.4, -0.2) is 20.9 Å². The first-order valence-electron chi connectivity index (χ1n) is 5.84. The molecule has 1 aromatic heterocycles. The summed E-state index contributed by atoms with van der Waals surface area (Å²) in [5.41, 5.74) is 2.27. The van der Waals surface area contributed by atoms with E-state index < -0.39 is 5.97 Å². The number of rotatable bonds is 4. The van der Waals surface area contributed by atoms with Gasteiger partial charge in [-0.3, -0.25) is 4.68 Å². The van der Waals surface area contributed by atoms with E-state index in [4.69, 9.17) is 5.11 Å². The molecule has 0 aliphatic carbocycles. The number of hydrogen-bond donors (Lipinski definition) is 1. The number of aryl methyl sites for hydroxylation is 1. The van der Waals surface area contributed by atoms with E-state index in [0.717, 1.165) is 17.3 Å². The van der Waals surface area contributed by atoms with Gasteiger partial charge in [-0.1, -0.05) is 0 Å². The molecule has 0 amide bonds. The zero-order valence-corrected chi connectivity index (χ0v) is 10.4. The second-order valence-electron chi connectivity index (χ2n) is 3.94. The molecule has 19 heavy (non-hydrogen) atoms. The van der Waals surface area contributed by atoms with Crippen LogP contribution >= 0.6 is 0 Å². The van der Waals surface area contributed by atoms with Crippen molar-refractivity contribution >= 4 is 12.0 Å². The lowest BCUT2D eigenvalue weighted by Gasteiger charge is -2.06. The van der Waals surface area contributed by atoms with Crippen LogP contribution in [-0.2, 0) is 11.3 Å². The van der Waals surface area contributed by atoms with Gasteiger partial charge in [0.2, 0.25) is 0 Å². The minimum atomic E-state index is -1.02. The Labute approximate surface area is 109 Å². The van der Waals surface area contributed by atoms with E-state index in [1.807, 2.05) is 6.92 Å². The molecule has 2 aromatic rings. The molecule has 0 saturated heterocycles. The minimum Gasteiger partial charge on any atom is -0.478 e. The van der Waals surface area contributed by atoms with Crippen LogP contribution in [0.25, 0.3) is 17.3 Å². The molecule has 5 heteroatoms. The quantitative estimate of drug-likeness (QED) is 0.860. The molecule has 98 valence electrons. The van der Waals surface area contributed by atoms with Gasteiger partial charge >= 0.3 is 5.97 Å². The Morgan fingerprint density at radius 2 is 2.11 bits per heavy atom. The van der Waals surface area contributed by atoms with Gasteiger partial charge in [0.25, 0.3) is 0 Å². The second kappa shape index (κ2) is 5.48.